The number of para-hydroxylation sites is 2. The highest BCUT2D eigenvalue weighted by atomic mass is 16.5. The smallest absolute Gasteiger partial charge is 0.281 e. The normalized spacial score (nSPS) is 15.4. The van der Waals surface area contributed by atoms with E-state index < -0.39 is 0 Å². The molecule has 31 heavy (non-hydrogen) atoms. The molecule has 0 radical (unpaired) electrons. The van der Waals surface area contributed by atoms with Crippen molar-refractivity contribution in [3.8, 4) is 17.2 Å². The van der Waals surface area contributed by atoms with Gasteiger partial charge in [0, 0.05) is 6.42 Å². The van der Waals surface area contributed by atoms with E-state index >= 15 is 0 Å². The molecule has 4 rings (SSSR count). The lowest BCUT2D eigenvalue weighted by molar-refractivity contribution is -0.135. The summed E-state index contributed by atoms with van der Waals surface area (Å²) in [5.74, 6) is 1.64. The SMILES string of the molecule is COc1ccc([C@@H]2CC(c3ccccc3)=NN2C(=O)COc2ccccc2OC)cc1. The molecule has 158 valence electrons. The Morgan fingerprint density at radius 2 is 1.58 bits per heavy atom. The molecule has 1 aliphatic heterocycles. The van der Waals surface area contributed by atoms with E-state index in [1.807, 2.05) is 66.7 Å². The number of carbonyl (C=O) groups excluding carboxylic acids is 1. The van der Waals surface area contributed by atoms with Crippen LogP contribution in [0.2, 0.25) is 0 Å². The number of ether oxygens (including phenoxy) is 3. The van der Waals surface area contributed by atoms with Crippen LogP contribution >= 0.6 is 0 Å². The Hall–Kier alpha value is -3.80. The van der Waals surface area contributed by atoms with Crippen molar-refractivity contribution in [3.63, 3.8) is 0 Å². The van der Waals surface area contributed by atoms with Crippen molar-refractivity contribution >= 4 is 11.6 Å². The van der Waals surface area contributed by atoms with E-state index in [0.717, 1.165) is 22.6 Å². The first-order valence-corrected chi connectivity index (χ1v) is 10.0. The summed E-state index contributed by atoms with van der Waals surface area (Å²) < 4.78 is 16.3. The zero-order valence-electron chi connectivity index (χ0n) is 17.5. The van der Waals surface area contributed by atoms with Crippen LogP contribution in [-0.2, 0) is 4.79 Å². The lowest BCUT2D eigenvalue weighted by Crippen LogP contribution is -2.31. The maximum Gasteiger partial charge on any atom is 0.281 e. The third-order valence-electron chi connectivity index (χ3n) is 5.19. The maximum atomic E-state index is 13.1. The summed E-state index contributed by atoms with van der Waals surface area (Å²) in [6, 6.07) is 24.7. The summed E-state index contributed by atoms with van der Waals surface area (Å²) >= 11 is 0. The van der Waals surface area contributed by atoms with Crippen LogP contribution in [0.5, 0.6) is 17.2 Å². The molecule has 3 aromatic carbocycles. The standard InChI is InChI=1S/C25H24N2O4/c1-29-20-14-12-19(13-15-20)22-16-21(18-8-4-3-5-9-18)26-27(22)25(28)17-31-24-11-7-6-10-23(24)30-2/h3-15,22H,16-17H2,1-2H3/t22-/m0/s1. The van der Waals surface area contributed by atoms with Crippen molar-refractivity contribution in [1.82, 2.24) is 5.01 Å². The largest absolute Gasteiger partial charge is 0.497 e. The van der Waals surface area contributed by atoms with Gasteiger partial charge in [0.2, 0.25) is 0 Å². The minimum absolute atomic E-state index is 0.140. The van der Waals surface area contributed by atoms with Gasteiger partial charge in [0.1, 0.15) is 5.75 Å². The van der Waals surface area contributed by atoms with Crippen molar-refractivity contribution in [2.45, 2.75) is 12.5 Å². The number of benzene rings is 3. The fourth-order valence-corrected chi connectivity index (χ4v) is 3.57. The van der Waals surface area contributed by atoms with E-state index in [1.165, 1.54) is 5.01 Å². The van der Waals surface area contributed by atoms with Crippen molar-refractivity contribution in [2.75, 3.05) is 20.8 Å². The molecule has 0 N–H and O–H groups in total. The van der Waals surface area contributed by atoms with E-state index in [9.17, 15) is 4.79 Å². The van der Waals surface area contributed by atoms with Crippen molar-refractivity contribution in [3.05, 3.63) is 90.0 Å². The number of carbonyl (C=O) groups is 1. The van der Waals surface area contributed by atoms with Gasteiger partial charge in [0.15, 0.2) is 18.1 Å². The van der Waals surface area contributed by atoms with Gasteiger partial charge in [0.05, 0.1) is 26.0 Å². The zero-order valence-corrected chi connectivity index (χ0v) is 17.5. The Labute approximate surface area is 181 Å². The average molecular weight is 416 g/mol. The van der Waals surface area contributed by atoms with E-state index in [-0.39, 0.29) is 18.6 Å². The van der Waals surface area contributed by atoms with Crippen LogP contribution in [0.3, 0.4) is 0 Å². The van der Waals surface area contributed by atoms with Gasteiger partial charge >= 0.3 is 0 Å². The summed E-state index contributed by atoms with van der Waals surface area (Å²) in [5, 5.41) is 6.20. The summed E-state index contributed by atoms with van der Waals surface area (Å²) in [7, 11) is 3.20. The lowest BCUT2D eigenvalue weighted by atomic mass is 9.98. The zero-order chi connectivity index (χ0) is 21.6. The number of methoxy groups -OCH3 is 2. The van der Waals surface area contributed by atoms with Crippen LogP contribution in [0, 0.1) is 0 Å². The lowest BCUT2D eigenvalue weighted by Gasteiger charge is -2.22. The van der Waals surface area contributed by atoms with Gasteiger partial charge in [-0.2, -0.15) is 5.10 Å². The quantitative estimate of drug-likeness (QED) is 0.571. The van der Waals surface area contributed by atoms with Crippen molar-refractivity contribution < 1.29 is 19.0 Å². The minimum Gasteiger partial charge on any atom is -0.497 e. The van der Waals surface area contributed by atoms with Gasteiger partial charge in [-0.15, -0.1) is 0 Å². The molecule has 0 saturated heterocycles. The monoisotopic (exact) mass is 416 g/mol. The van der Waals surface area contributed by atoms with Crippen LogP contribution in [0.25, 0.3) is 0 Å². The van der Waals surface area contributed by atoms with Crippen LogP contribution in [0.1, 0.15) is 23.6 Å². The first-order valence-electron chi connectivity index (χ1n) is 10.0. The number of rotatable bonds is 7. The molecule has 6 nitrogen and oxygen atoms in total. The molecular weight excluding hydrogens is 392 g/mol. The molecule has 1 amide bonds. The van der Waals surface area contributed by atoms with Crippen molar-refractivity contribution in [2.24, 2.45) is 5.10 Å². The number of amides is 1. The fourth-order valence-electron chi connectivity index (χ4n) is 3.57. The average Bonchev–Trinajstić information content (AvgIpc) is 3.29. The third-order valence-corrected chi connectivity index (χ3v) is 5.19. The number of nitrogens with zero attached hydrogens (tertiary/aromatic N) is 2. The highest BCUT2D eigenvalue weighted by Gasteiger charge is 2.33. The maximum absolute atomic E-state index is 13.1. The summed E-state index contributed by atoms with van der Waals surface area (Å²) in [4.78, 5) is 13.1. The molecule has 1 aliphatic rings. The highest BCUT2D eigenvalue weighted by molar-refractivity contribution is 6.03. The Morgan fingerprint density at radius 3 is 2.26 bits per heavy atom. The summed E-state index contributed by atoms with van der Waals surface area (Å²) in [6.45, 7) is -0.140. The van der Waals surface area contributed by atoms with Gasteiger partial charge in [-0.3, -0.25) is 4.79 Å². The third kappa shape index (κ3) is 4.53. The van der Waals surface area contributed by atoms with Crippen LogP contribution in [-0.4, -0.2) is 37.5 Å². The van der Waals surface area contributed by atoms with Gasteiger partial charge in [-0.1, -0.05) is 54.6 Å². The van der Waals surface area contributed by atoms with Crippen molar-refractivity contribution in [1.29, 1.82) is 0 Å². The Balaban J connectivity index is 1.58. The number of hydrazone groups is 1. The minimum atomic E-state index is -0.224. The highest BCUT2D eigenvalue weighted by Crippen LogP contribution is 2.34. The first-order chi connectivity index (χ1) is 15.2. The fraction of sp³-hybridized carbons (Fsp3) is 0.200. The molecule has 3 aromatic rings. The first kappa shape index (κ1) is 20.5. The number of hydrogen-bond donors (Lipinski definition) is 0. The molecule has 0 unspecified atom stereocenters. The van der Waals surface area contributed by atoms with E-state index in [1.54, 1.807) is 26.4 Å². The Morgan fingerprint density at radius 1 is 0.903 bits per heavy atom. The topological polar surface area (TPSA) is 60.4 Å². The van der Waals surface area contributed by atoms with Gasteiger partial charge in [0.25, 0.3) is 5.91 Å². The molecule has 0 fully saturated rings. The van der Waals surface area contributed by atoms with Gasteiger partial charge in [-0.05, 0) is 35.4 Å². The molecule has 0 aliphatic carbocycles. The summed E-state index contributed by atoms with van der Waals surface area (Å²) in [6.07, 6.45) is 0.622. The van der Waals surface area contributed by atoms with E-state index in [2.05, 4.69) is 5.10 Å². The second-order valence-electron chi connectivity index (χ2n) is 7.08. The Kier molecular flexibility index (Phi) is 6.17. The Bertz CT molecular complexity index is 1060. The van der Waals surface area contributed by atoms with Gasteiger partial charge in [-0.25, -0.2) is 5.01 Å². The second kappa shape index (κ2) is 9.34. The van der Waals surface area contributed by atoms with E-state index in [4.69, 9.17) is 14.2 Å². The molecule has 1 atom stereocenters. The van der Waals surface area contributed by atoms with E-state index in [0.29, 0.717) is 17.9 Å². The van der Waals surface area contributed by atoms with Gasteiger partial charge < -0.3 is 14.2 Å². The predicted molar refractivity (Wildman–Crippen MR) is 119 cm³/mol. The molecule has 1 heterocycles. The van der Waals surface area contributed by atoms with Crippen LogP contribution in [0.4, 0.5) is 0 Å². The summed E-state index contributed by atoms with van der Waals surface area (Å²) in [5.41, 5.74) is 2.86. The molecule has 0 bridgehead atoms. The van der Waals surface area contributed by atoms with Crippen LogP contribution < -0.4 is 14.2 Å². The number of hydrogen-bond acceptors (Lipinski definition) is 5. The second-order valence-corrected chi connectivity index (χ2v) is 7.08. The molecular formula is C25H24N2O4. The predicted octanol–water partition coefficient (Wildman–Crippen LogP) is 4.46. The molecule has 0 spiro atoms. The van der Waals surface area contributed by atoms with Crippen LogP contribution in [0.15, 0.2) is 84.0 Å². The molecule has 6 heteroatoms. The molecule has 0 saturated carbocycles. The molecule has 0 aromatic heterocycles.